The Balaban J connectivity index is 1.81. The lowest BCUT2D eigenvalue weighted by atomic mass is 9.98. The van der Waals surface area contributed by atoms with Crippen molar-refractivity contribution in [1.82, 2.24) is 14.7 Å². The molecule has 1 aromatic carbocycles. The van der Waals surface area contributed by atoms with Crippen LogP contribution in [0.15, 0.2) is 30.5 Å². The maximum Gasteiger partial charge on any atom is 0.306 e. The summed E-state index contributed by atoms with van der Waals surface area (Å²) in [4.78, 5) is 29.9. The molecule has 2 aromatic heterocycles. The summed E-state index contributed by atoms with van der Waals surface area (Å²) in [5, 5.41) is 2.97. The van der Waals surface area contributed by atoms with E-state index >= 15 is 0 Å². The molecule has 0 aliphatic heterocycles. The summed E-state index contributed by atoms with van der Waals surface area (Å²) >= 11 is 0. The van der Waals surface area contributed by atoms with Gasteiger partial charge >= 0.3 is 5.97 Å². The van der Waals surface area contributed by atoms with Crippen molar-refractivity contribution in [3.8, 4) is 5.75 Å². The topological polar surface area (TPSA) is 81.9 Å². The summed E-state index contributed by atoms with van der Waals surface area (Å²) in [5.41, 5.74) is 0.423. The maximum absolute atomic E-state index is 14.0. The first-order chi connectivity index (χ1) is 16.7. The minimum Gasteiger partial charge on any atom is -0.485 e. The van der Waals surface area contributed by atoms with Crippen LogP contribution in [0.4, 0.5) is 8.78 Å². The second kappa shape index (κ2) is 10.2. The van der Waals surface area contributed by atoms with Gasteiger partial charge in [0, 0.05) is 18.2 Å². The van der Waals surface area contributed by atoms with Crippen LogP contribution < -0.4 is 10.1 Å². The summed E-state index contributed by atoms with van der Waals surface area (Å²) in [7, 11) is 0. The van der Waals surface area contributed by atoms with Crippen LogP contribution in [-0.4, -0.2) is 32.4 Å². The molecule has 36 heavy (non-hydrogen) atoms. The summed E-state index contributed by atoms with van der Waals surface area (Å²) < 4.78 is 40.8. The monoisotopic (exact) mass is 501 g/mol. The SMILES string of the molecule is Cc1cc(OCc2c(F)cccc2F)c2nc(C)c(C(=O)NC(C)(C)CCC(=O)OC(C)(C)C)n2c1. The van der Waals surface area contributed by atoms with E-state index in [-0.39, 0.29) is 30.5 Å². The van der Waals surface area contributed by atoms with Gasteiger partial charge in [0.25, 0.3) is 5.91 Å². The molecule has 3 rings (SSSR count). The van der Waals surface area contributed by atoms with Gasteiger partial charge in [-0.1, -0.05) is 6.07 Å². The molecule has 0 fully saturated rings. The van der Waals surface area contributed by atoms with Crippen LogP contribution in [-0.2, 0) is 16.1 Å². The number of nitrogens with zero attached hydrogens (tertiary/aromatic N) is 2. The van der Waals surface area contributed by atoms with Crippen molar-refractivity contribution >= 4 is 17.5 Å². The van der Waals surface area contributed by atoms with Crippen molar-refractivity contribution in [3.05, 3.63) is 64.6 Å². The van der Waals surface area contributed by atoms with Crippen molar-refractivity contribution < 1.29 is 27.8 Å². The molecule has 0 spiro atoms. The number of amides is 1. The van der Waals surface area contributed by atoms with E-state index in [0.717, 1.165) is 5.56 Å². The van der Waals surface area contributed by atoms with E-state index in [0.29, 0.717) is 29.2 Å². The van der Waals surface area contributed by atoms with Crippen LogP contribution >= 0.6 is 0 Å². The van der Waals surface area contributed by atoms with Crippen LogP contribution in [0.1, 0.15) is 74.8 Å². The van der Waals surface area contributed by atoms with Gasteiger partial charge < -0.3 is 14.8 Å². The second-order valence-electron chi connectivity index (χ2n) is 10.5. The molecule has 2 heterocycles. The average Bonchev–Trinajstić information content (AvgIpc) is 3.06. The number of aromatic nitrogens is 2. The Bertz CT molecular complexity index is 1270. The second-order valence-corrected chi connectivity index (χ2v) is 10.5. The highest BCUT2D eigenvalue weighted by molar-refractivity contribution is 5.95. The summed E-state index contributed by atoms with van der Waals surface area (Å²) in [6.45, 7) is 12.3. The van der Waals surface area contributed by atoms with Crippen LogP contribution in [0.2, 0.25) is 0 Å². The maximum atomic E-state index is 14.0. The Labute approximate surface area is 209 Å². The number of fused-ring (bicyclic) bond motifs is 1. The Morgan fingerprint density at radius 2 is 1.72 bits per heavy atom. The number of rotatable bonds is 8. The van der Waals surface area contributed by atoms with Gasteiger partial charge in [-0.25, -0.2) is 13.8 Å². The van der Waals surface area contributed by atoms with E-state index in [9.17, 15) is 18.4 Å². The van der Waals surface area contributed by atoms with Gasteiger partial charge in [0.15, 0.2) is 11.4 Å². The molecule has 0 bridgehead atoms. The number of nitrogens with one attached hydrogen (secondary N) is 1. The van der Waals surface area contributed by atoms with Crippen LogP contribution in [0.5, 0.6) is 5.75 Å². The molecule has 9 heteroatoms. The smallest absolute Gasteiger partial charge is 0.306 e. The first-order valence-electron chi connectivity index (χ1n) is 11.8. The van der Waals surface area contributed by atoms with E-state index in [1.54, 1.807) is 44.4 Å². The molecule has 1 amide bonds. The van der Waals surface area contributed by atoms with Crippen molar-refractivity contribution in [1.29, 1.82) is 0 Å². The van der Waals surface area contributed by atoms with Crippen molar-refractivity contribution in [2.24, 2.45) is 0 Å². The number of hydrogen-bond acceptors (Lipinski definition) is 5. The third kappa shape index (κ3) is 6.59. The van der Waals surface area contributed by atoms with E-state index in [1.165, 1.54) is 18.2 Å². The first kappa shape index (κ1) is 27.1. The fourth-order valence-corrected chi connectivity index (χ4v) is 3.79. The fraction of sp³-hybridized carbons (Fsp3) is 0.444. The minimum absolute atomic E-state index is 0.153. The number of hydrogen-bond donors (Lipinski definition) is 1. The molecular weight excluding hydrogens is 468 g/mol. The lowest BCUT2D eigenvalue weighted by molar-refractivity contribution is -0.155. The minimum atomic E-state index is -0.702. The quantitative estimate of drug-likeness (QED) is 0.416. The Morgan fingerprint density at radius 3 is 2.33 bits per heavy atom. The van der Waals surface area contributed by atoms with Crippen molar-refractivity contribution in [2.45, 2.75) is 79.1 Å². The van der Waals surface area contributed by atoms with Gasteiger partial charge in [-0.3, -0.25) is 14.0 Å². The van der Waals surface area contributed by atoms with E-state index in [1.807, 2.05) is 20.8 Å². The largest absolute Gasteiger partial charge is 0.485 e. The zero-order valence-corrected chi connectivity index (χ0v) is 21.8. The first-order valence-corrected chi connectivity index (χ1v) is 11.8. The molecule has 7 nitrogen and oxygen atoms in total. The van der Waals surface area contributed by atoms with E-state index < -0.39 is 22.8 Å². The molecule has 0 aliphatic rings. The molecule has 0 saturated heterocycles. The van der Waals surface area contributed by atoms with E-state index in [4.69, 9.17) is 9.47 Å². The fourth-order valence-electron chi connectivity index (χ4n) is 3.79. The van der Waals surface area contributed by atoms with Gasteiger partial charge in [-0.15, -0.1) is 0 Å². The summed E-state index contributed by atoms with van der Waals surface area (Å²) in [6, 6.07) is 5.32. The molecule has 0 unspecified atom stereocenters. The number of aryl methyl sites for hydroxylation is 2. The predicted octanol–water partition coefficient (Wildman–Crippen LogP) is 5.44. The summed E-state index contributed by atoms with van der Waals surface area (Å²) in [6.07, 6.45) is 2.28. The van der Waals surface area contributed by atoms with Gasteiger partial charge in [0.1, 0.15) is 29.5 Å². The number of esters is 1. The third-order valence-corrected chi connectivity index (χ3v) is 5.47. The Kier molecular flexibility index (Phi) is 7.71. The number of halogens is 2. The lowest BCUT2D eigenvalue weighted by Gasteiger charge is -2.27. The molecule has 3 aromatic rings. The zero-order valence-electron chi connectivity index (χ0n) is 21.8. The Hall–Kier alpha value is -3.49. The molecular formula is C27H33F2N3O4. The highest BCUT2D eigenvalue weighted by atomic mass is 19.1. The molecule has 0 radical (unpaired) electrons. The molecule has 0 saturated carbocycles. The van der Waals surface area contributed by atoms with Crippen molar-refractivity contribution in [2.75, 3.05) is 0 Å². The number of carbonyl (C=O) groups is 2. The number of ether oxygens (including phenoxy) is 2. The molecule has 0 atom stereocenters. The highest BCUT2D eigenvalue weighted by Crippen LogP contribution is 2.26. The number of pyridine rings is 1. The number of carbonyl (C=O) groups excluding carboxylic acids is 2. The average molecular weight is 502 g/mol. The predicted molar refractivity (Wildman–Crippen MR) is 132 cm³/mol. The van der Waals surface area contributed by atoms with E-state index in [2.05, 4.69) is 10.3 Å². The van der Waals surface area contributed by atoms with Gasteiger partial charge in [-0.05, 0) is 78.6 Å². The van der Waals surface area contributed by atoms with Crippen molar-refractivity contribution in [3.63, 3.8) is 0 Å². The lowest BCUT2D eigenvalue weighted by Crippen LogP contribution is -2.44. The highest BCUT2D eigenvalue weighted by Gasteiger charge is 2.27. The normalized spacial score (nSPS) is 12.0. The van der Waals surface area contributed by atoms with Crippen LogP contribution in [0.3, 0.4) is 0 Å². The number of benzene rings is 1. The standard InChI is InChI=1S/C27H33F2N3O4/c1-16-13-21(35-15-18-19(28)9-8-10-20(18)29)24-30-17(2)23(32(24)14-16)25(34)31-27(6,7)12-11-22(33)36-26(3,4)5/h8-10,13-14H,11-12,15H2,1-7H3,(H,31,34). The third-order valence-electron chi connectivity index (χ3n) is 5.47. The molecule has 194 valence electrons. The number of imidazole rings is 1. The summed E-state index contributed by atoms with van der Waals surface area (Å²) in [5.74, 6) is -1.81. The van der Waals surface area contributed by atoms with Crippen LogP contribution in [0, 0.1) is 25.5 Å². The van der Waals surface area contributed by atoms with Gasteiger partial charge in [-0.2, -0.15) is 0 Å². The van der Waals surface area contributed by atoms with Gasteiger partial charge in [0.05, 0.1) is 11.3 Å². The molecule has 1 N–H and O–H groups in total. The van der Waals surface area contributed by atoms with Gasteiger partial charge in [0.2, 0.25) is 0 Å². The Morgan fingerprint density at radius 1 is 1.08 bits per heavy atom. The molecule has 0 aliphatic carbocycles. The van der Waals surface area contributed by atoms with Crippen LogP contribution in [0.25, 0.3) is 5.65 Å². The zero-order chi connectivity index (χ0) is 26.8.